The number of rotatable bonds is 3. The van der Waals surface area contributed by atoms with Gasteiger partial charge in [0.2, 0.25) is 0 Å². The molecule has 5 rings (SSSR count). The van der Waals surface area contributed by atoms with Crippen LogP contribution in [0.2, 0.25) is 0 Å². The summed E-state index contributed by atoms with van der Waals surface area (Å²) in [4.78, 5) is 1.56. The molecule has 0 unspecified atom stereocenters. The number of azo groups is 1. The largest absolute Gasteiger partial charge is 0.505 e. The smallest absolute Gasteiger partial charge is 0.154 e. The fraction of sp³-hybridized carbons (Fsp3) is 0.0968. The van der Waals surface area contributed by atoms with Crippen molar-refractivity contribution in [1.29, 1.82) is 0 Å². The van der Waals surface area contributed by atoms with Crippen molar-refractivity contribution < 1.29 is 9.84 Å². The second-order valence-corrected chi connectivity index (χ2v) is 11.2. The van der Waals surface area contributed by atoms with Gasteiger partial charge in [0.1, 0.15) is 11.4 Å². The number of hydrogen-bond donors (Lipinski definition) is 10. The molecule has 0 fully saturated rings. The molecule has 0 spiro atoms. The molecule has 44 heavy (non-hydrogen) atoms. The van der Waals surface area contributed by atoms with E-state index in [2.05, 4.69) is 48.1 Å². The van der Waals surface area contributed by atoms with E-state index in [0.717, 1.165) is 11.3 Å². The van der Waals surface area contributed by atoms with Gasteiger partial charge in [0.15, 0.2) is 5.75 Å². The highest BCUT2D eigenvalue weighted by Crippen LogP contribution is 2.46. The molecule has 0 aliphatic carbocycles. The van der Waals surface area contributed by atoms with Crippen molar-refractivity contribution in [3.05, 3.63) is 77.9 Å². The van der Waals surface area contributed by atoms with Crippen LogP contribution in [0.1, 0.15) is 11.1 Å². The number of methoxy groups -OCH3 is 1. The first-order chi connectivity index (χ1) is 20.7. The lowest BCUT2D eigenvalue weighted by molar-refractivity contribution is 0.417. The van der Waals surface area contributed by atoms with Crippen molar-refractivity contribution in [2.75, 3.05) is 41.5 Å². The summed E-state index contributed by atoms with van der Waals surface area (Å²) < 4.78 is 4.98. The quantitative estimate of drug-likeness (QED) is 0.0543. The average molecular weight is 649 g/mol. The van der Waals surface area contributed by atoms with E-state index in [4.69, 9.17) is 39.1 Å². The van der Waals surface area contributed by atoms with E-state index in [1.54, 1.807) is 49.6 Å². The first-order valence-electron chi connectivity index (χ1n) is 13.0. The SMILES string of the molecule is COc1cc(N)c(C)cc1N.Cc1cccc(N)c1.Nc1ccc(N=Nc2c(S)cc3c(S)cc(N)c(N)c3c2O)c(S)c1. The minimum Gasteiger partial charge on any atom is -0.505 e. The Hall–Kier alpha value is -4.59. The summed E-state index contributed by atoms with van der Waals surface area (Å²) in [5.74, 6) is 0.468. The number of phenols is 1. The molecule has 0 atom stereocenters. The molecule has 0 heterocycles. The summed E-state index contributed by atoms with van der Waals surface area (Å²) in [5, 5.41) is 19.8. The molecule has 0 bridgehead atoms. The highest BCUT2D eigenvalue weighted by molar-refractivity contribution is 7.81. The number of aromatic hydroxyl groups is 1. The first kappa shape index (κ1) is 33.9. The van der Waals surface area contributed by atoms with Crippen molar-refractivity contribution >= 4 is 94.2 Å². The Morgan fingerprint density at radius 1 is 0.682 bits per heavy atom. The molecule has 0 aliphatic heterocycles. The molecular weight excluding hydrogens is 613 g/mol. The van der Waals surface area contributed by atoms with Gasteiger partial charge in [-0.2, -0.15) is 0 Å². The number of benzene rings is 5. The number of thiol groups is 3. The van der Waals surface area contributed by atoms with E-state index in [-0.39, 0.29) is 17.1 Å². The van der Waals surface area contributed by atoms with Crippen molar-refractivity contribution in [3.63, 3.8) is 0 Å². The van der Waals surface area contributed by atoms with Gasteiger partial charge in [0.05, 0.1) is 35.2 Å². The van der Waals surface area contributed by atoms with Crippen molar-refractivity contribution in [1.82, 2.24) is 0 Å². The minimum atomic E-state index is -0.164. The number of nitrogens with two attached hydrogens (primary N) is 6. The summed E-state index contributed by atoms with van der Waals surface area (Å²) >= 11 is 13.1. The van der Waals surface area contributed by atoms with Crippen molar-refractivity contribution in [2.24, 2.45) is 10.2 Å². The van der Waals surface area contributed by atoms with Gasteiger partial charge in [0, 0.05) is 43.2 Å². The fourth-order valence-electron chi connectivity index (χ4n) is 3.97. The van der Waals surface area contributed by atoms with E-state index in [0.29, 0.717) is 59.6 Å². The summed E-state index contributed by atoms with van der Waals surface area (Å²) in [6.45, 7) is 3.93. The van der Waals surface area contributed by atoms with Gasteiger partial charge in [-0.05, 0) is 73.5 Å². The Bertz CT molecular complexity index is 1830. The molecule has 5 aromatic carbocycles. The first-order valence-corrected chi connectivity index (χ1v) is 14.3. The van der Waals surface area contributed by atoms with Crippen LogP contribution in [0.15, 0.2) is 91.6 Å². The molecule has 0 aromatic heterocycles. The third-order valence-electron chi connectivity index (χ3n) is 6.32. The predicted molar refractivity (Wildman–Crippen MR) is 193 cm³/mol. The van der Waals surface area contributed by atoms with Crippen LogP contribution >= 0.6 is 37.9 Å². The number of anilines is 6. The van der Waals surface area contributed by atoms with Gasteiger partial charge < -0.3 is 44.2 Å². The Labute approximate surface area is 272 Å². The van der Waals surface area contributed by atoms with Gasteiger partial charge in [-0.3, -0.25) is 0 Å². The van der Waals surface area contributed by atoms with E-state index < -0.39 is 0 Å². The second kappa shape index (κ2) is 14.7. The number of fused-ring (bicyclic) bond motifs is 1. The summed E-state index contributed by atoms with van der Waals surface area (Å²) in [7, 11) is 1.57. The van der Waals surface area contributed by atoms with E-state index >= 15 is 0 Å². The highest BCUT2D eigenvalue weighted by atomic mass is 32.1. The van der Waals surface area contributed by atoms with E-state index in [9.17, 15) is 5.11 Å². The molecule has 5 aromatic rings. The Kier molecular flexibility index (Phi) is 11.4. The molecular formula is C31H36N8O2S3. The number of nitrogens with zero attached hydrogens (tertiary/aromatic N) is 2. The third-order valence-corrected chi connectivity index (χ3v) is 7.39. The molecule has 0 aliphatic rings. The van der Waals surface area contributed by atoms with Gasteiger partial charge in [-0.1, -0.05) is 12.1 Å². The molecule has 0 saturated heterocycles. The zero-order valence-electron chi connectivity index (χ0n) is 24.4. The Morgan fingerprint density at radius 2 is 1.36 bits per heavy atom. The van der Waals surface area contributed by atoms with Gasteiger partial charge in [-0.15, -0.1) is 48.1 Å². The maximum Gasteiger partial charge on any atom is 0.154 e. The van der Waals surface area contributed by atoms with Crippen molar-refractivity contribution in [3.8, 4) is 11.5 Å². The van der Waals surface area contributed by atoms with Gasteiger partial charge >= 0.3 is 0 Å². The van der Waals surface area contributed by atoms with Crippen LogP contribution in [0.5, 0.6) is 11.5 Å². The lowest BCUT2D eigenvalue weighted by Crippen LogP contribution is -1.96. The molecule has 0 radical (unpaired) electrons. The number of phenolic OH excluding ortho intramolecular Hbond substituents is 1. The lowest BCUT2D eigenvalue weighted by atomic mass is 10.1. The molecule has 13 heteroatoms. The molecule has 10 nitrogen and oxygen atoms in total. The Morgan fingerprint density at radius 3 is 1.95 bits per heavy atom. The Balaban J connectivity index is 0.000000227. The van der Waals surface area contributed by atoms with E-state index in [1.807, 2.05) is 38.1 Å². The fourth-order valence-corrected chi connectivity index (χ4v) is 4.83. The summed E-state index contributed by atoms with van der Waals surface area (Å²) in [6, 6.07) is 19.7. The number of aryl methyl sites for hydroxylation is 2. The van der Waals surface area contributed by atoms with Crippen LogP contribution in [0.25, 0.3) is 10.8 Å². The van der Waals surface area contributed by atoms with Crippen LogP contribution < -0.4 is 39.1 Å². The predicted octanol–water partition coefficient (Wildman–Crippen LogP) is 7.32. The molecule has 13 N–H and O–H groups in total. The summed E-state index contributed by atoms with van der Waals surface area (Å²) in [6.07, 6.45) is 0. The average Bonchev–Trinajstić information content (AvgIpc) is 2.95. The van der Waals surface area contributed by atoms with Crippen LogP contribution in [-0.4, -0.2) is 12.2 Å². The van der Waals surface area contributed by atoms with Crippen LogP contribution in [-0.2, 0) is 0 Å². The monoisotopic (exact) mass is 648 g/mol. The topological polar surface area (TPSA) is 210 Å². The van der Waals surface area contributed by atoms with Crippen LogP contribution in [0.3, 0.4) is 0 Å². The molecule has 230 valence electrons. The van der Waals surface area contributed by atoms with Gasteiger partial charge in [0.25, 0.3) is 0 Å². The third kappa shape index (κ3) is 8.28. The summed E-state index contributed by atoms with van der Waals surface area (Å²) in [5.41, 5.74) is 40.4. The minimum absolute atomic E-state index is 0.164. The molecule has 0 amide bonds. The zero-order chi connectivity index (χ0) is 32.7. The van der Waals surface area contributed by atoms with Crippen LogP contribution in [0, 0.1) is 13.8 Å². The standard InChI is InChI=1S/C16H15N5OS3.C8H12N2O.C7H9N/c17-6-1-2-9(11(24)3-6)20-21-15-12(25)4-7-10(23)5-8(18)14(19)13(7)16(15)22;1-5-3-7(10)8(11-2)4-6(5)9;1-6-3-2-4-7(8)5-6/h1-5,22-25H,17-19H2;3-4H,9-10H2,1-2H3;2-5H,8H2,1H3. The second-order valence-electron chi connectivity index (χ2n) is 9.73. The van der Waals surface area contributed by atoms with Crippen LogP contribution in [0.4, 0.5) is 45.5 Å². The zero-order valence-corrected chi connectivity index (χ0v) is 27.1. The van der Waals surface area contributed by atoms with Crippen molar-refractivity contribution in [2.45, 2.75) is 28.5 Å². The maximum absolute atomic E-state index is 10.6. The highest BCUT2D eigenvalue weighted by Gasteiger charge is 2.17. The molecule has 0 saturated carbocycles. The number of hydrogen-bond acceptors (Lipinski definition) is 13. The lowest BCUT2D eigenvalue weighted by Gasteiger charge is -2.13. The van der Waals surface area contributed by atoms with E-state index in [1.165, 1.54) is 5.56 Å². The number of nitrogen functional groups attached to an aromatic ring is 6. The normalized spacial score (nSPS) is 10.6. The van der Waals surface area contributed by atoms with Gasteiger partial charge in [-0.25, -0.2) is 0 Å². The number of ether oxygens (including phenoxy) is 1. The maximum atomic E-state index is 10.6.